The predicted octanol–water partition coefficient (Wildman–Crippen LogP) is 9.74. The Bertz CT molecular complexity index is 1590. The maximum atomic E-state index is 14.1. The molecule has 7 saturated carbocycles. The summed E-state index contributed by atoms with van der Waals surface area (Å²) in [5.41, 5.74) is -1.13. The average molecular weight is 873 g/mol. The van der Waals surface area contributed by atoms with E-state index in [1.165, 1.54) is 19.3 Å². The number of carbonyl (C=O) groups excluding carboxylic acids is 2. The van der Waals surface area contributed by atoms with Crippen molar-refractivity contribution < 1.29 is 54.5 Å². The molecule has 0 saturated heterocycles. The first-order valence-corrected chi connectivity index (χ1v) is 26.3. The second-order valence-electron chi connectivity index (χ2n) is 21.0. The quantitative estimate of drug-likeness (QED) is 0.0875. The highest BCUT2D eigenvalue weighted by molar-refractivity contribution is 7.88. The van der Waals surface area contributed by atoms with E-state index in [0.29, 0.717) is 25.7 Å². The van der Waals surface area contributed by atoms with Crippen molar-refractivity contribution >= 4 is 32.2 Å². The normalized spacial score (nSPS) is 30.1. The molecule has 3 atom stereocenters. The summed E-state index contributed by atoms with van der Waals surface area (Å²) in [4.78, 5) is 22.8. The highest BCUT2D eigenvalue weighted by Gasteiger charge is 2.57. The minimum absolute atomic E-state index is 0.0778. The largest absolute Gasteiger partial charge is 0.463 e. The molecular weight excluding hydrogens is 797 g/mol. The first-order chi connectivity index (χ1) is 27.7. The summed E-state index contributed by atoms with van der Waals surface area (Å²) in [7, 11) is -10.2. The molecule has 0 radical (unpaired) electrons. The second kappa shape index (κ2) is 19.2. The molecule has 7 aliphatic rings. The Hall–Kier alpha value is -1.32. The molecule has 2 N–H and O–H groups in total. The number of ether oxygens (including phenoxy) is 4. The molecule has 59 heavy (non-hydrogen) atoms. The Morgan fingerprint density at radius 3 is 1.63 bits per heavy atom. The van der Waals surface area contributed by atoms with Crippen molar-refractivity contribution in [3.05, 3.63) is 0 Å². The number of esters is 2. The predicted molar refractivity (Wildman–Crippen MR) is 224 cm³/mol. The van der Waals surface area contributed by atoms with Crippen molar-refractivity contribution in [2.24, 2.45) is 40.9 Å². The molecule has 0 aromatic heterocycles. The molecule has 3 unspecified atom stereocenters. The van der Waals surface area contributed by atoms with Crippen LogP contribution in [0.5, 0.6) is 0 Å². The highest BCUT2D eigenvalue weighted by atomic mass is 32.2. The van der Waals surface area contributed by atoms with Gasteiger partial charge < -0.3 is 18.9 Å². The van der Waals surface area contributed by atoms with Gasteiger partial charge in [-0.3, -0.25) is 9.11 Å². The highest BCUT2D eigenvalue weighted by Crippen LogP contribution is 2.61. The fraction of sp³-hybridized carbons (Fsp3) is 0.956. The topological polar surface area (TPSA) is 180 Å². The monoisotopic (exact) mass is 872 g/mol. The lowest BCUT2D eigenvalue weighted by Crippen LogP contribution is -2.54. The second-order valence-corrected chi connectivity index (χ2v) is 24.4. The molecule has 340 valence electrons. The smallest absolute Gasteiger partial charge is 0.357 e. The van der Waals surface area contributed by atoms with Gasteiger partial charge in [0, 0.05) is 6.42 Å². The summed E-state index contributed by atoms with van der Waals surface area (Å²) >= 11 is 0. The molecule has 0 spiro atoms. The minimum Gasteiger partial charge on any atom is -0.463 e. The summed E-state index contributed by atoms with van der Waals surface area (Å²) < 4.78 is 98.3. The van der Waals surface area contributed by atoms with E-state index < -0.39 is 59.9 Å². The lowest BCUT2D eigenvalue weighted by atomic mass is 9.49. The van der Waals surface area contributed by atoms with Crippen LogP contribution in [-0.2, 0) is 48.8 Å². The Kier molecular flexibility index (Phi) is 15.3. The maximum Gasteiger partial charge on any atom is 0.357 e. The number of rotatable bonds is 20. The van der Waals surface area contributed by atoms with E-state index in [1.807, 2.05) is 6.92 Å². The zero-order chi connectivity index (χ0) is 42.7. The molecule has 7 aliphatic carbocycles. The third-order valence-electron chi connectivity index (χ3n) is 15.7. The number of hydrogen-bond acceptors (Lipinski definition) is 10. The van der Waals surface area contributed by atoms with Gasteiger partial charge in [0.05, 0.1) is 18.3 Å². The Morgan fingerprint density at radius 1 is 0.678 bits per heavy atom. The van der Waals surface area contributed by atoms with E-state index in [0.717, 1.165) is 127 Å². The van der Waals surface area contributed by atoms with Gasteiger partial charge in [0.2, 0.25) is 0 Å². The van der Waals surface area contributed by atoms with Crippen LogP contribution in [0, 0.1) is 40.9 Å². The van der Waals surface area contributed by atoms with Crippen molar-refractivity contribution in [1.29, 1.82) is 0 Å². The molecule has 0 aliphatic heterocycles. The van der Waals surface area contributed by atoms with Crippen molar-refractivity contribution in [2.45, 2.75) is 222 Å². The van der Waals surface area contributed by atoms with Crippen LogP contribution in [0.15, 0.2) is 0 Å². The Labute approximate surface area is 355 Å². The van der Waals surface area contributed by atoms with Crippen molar-refractivity contribution in [3.63, 3.8) is 0 Å². The third kappa shape index (κ3) is 11.4. The SMILES string of the molecule is CC(CCC(C)(C)OC(C)(C(=O)OC(C1CCCCC1)C1CCCCC1)S(=O)(=O)O)CCC(OC1CCCCC1)(C(=O)OCCC12CC3CC(CC(C3)C1)C2)S(=O)(=O)O. The van der Waals surface area contributed by atoms with E-state index in [9.17, 15) is 35.5 Å². The Morgan fingerprint density at radius 2 is 1.15 bits per heavy atom. The van der Waals surface area contributed by atoms with Crippen LogP contribution in [0.4, 0.5) is 0 Å². The molecule has 12 nitrogen and oxygen atoms in total. The first-order valence-electron chi connectivity index (χ1n) is 23.4. The molecule has 14 heteroatoms. The van der Waals surface area contributed by atoms with Gasteiger partial charge in [0.25, 0.3) is 9.87 Å². The summed E-state index contributed by atoms with van der Waals surface area (Å²) in [6.45, 7) is 6.30. The van der Waals surface area contributed by atoms with Gasteiger partial charge in [-0.1, -0.05) is 64.7 Å². The van der Waals surface area contributed by atoms with Gasteiger partial charge in [-0.05, 0) is 164 Å². The zero-order valence-electron chi connectivity index (χ0n) is 36.5. The van der Waals surface area contributed by atoms with Gasteiger partial charge in [0.1, 0.15) is 6.10 Å². The van der Waals surface area contributed by atoms with Gasteiger partial charge >= 0.3 is 32.2 Å². The van der Waals surface area contributed by atoms with Crippen LogP contribution in [0.25, 0.3) is 0 Å². The molecule has 7 fully saturated rings. The molecular formula is C45H76O12S2. The van der Waals surface area contributed by atoms with Crippen LogP contribution in [0.1, 0.15) is 195 Å². The molecule has 4 bridgehead atoms. The molecule has 0 amide bonds. The lowest BCUT2D eigenvalue weighted by Gasteiger charge is -2.57. The fourth-order valence-corrected chi connectivity index (χ4v) is 14.2. The first kappa shape index (κ1) is 47.2. The zero-order valence-corrected chi connectivity index (χ0v) is 38.1. The molecule has 0 heterocycles. The van der Waals surface area contributed by atoms with E-state index in [1.54, 1.807) is 13.8 Å². The van der Waals surface area contributed by atoms with Crippen molar-refractivity contribution in [3.8, 4) is 0 Å². The van der Waals surface area contributed by atoms with E-state index >= 15 is 0 Å². The number of hydrogen-bond donors (Lipinski definition) is 2. The van der Waals surface area contributed by atoms with E-state index in [-0.39, 0.29) is 49.0 Å². The maximum absolute atomic E-state index is 14.1. The van der Waals surface area contributed by atoms with Crippen LogP contribution in [0.2, 0.25) is 0 Å². The van der Waals surface area contributed by atoms with Crippen LogP contribution < -0.4 is 0 Å². The number of carbonyl (C=O) groups is 2. The van der Waals surface area contributed by atoms with Gasteiger partial charge in [0.15, 0.2) is 0 Å². The summed E-state index contributed by atoms with van der Waals surface area (Å²) in [5, 5.41) is 0. The summed E-state index contributed by atoms with van der Waals surface area (Å²) in [6.07, 6.45) is 21.2. The average Bonchev–Trinajstić information content (AvgIpc) is 3.17. The van der Waals surface area contributed by atoms with Gasteiger partial charge in [-0.2, -0.15) is 16.8 Å². The summed E-state index contributed by atoms with van der Waals surface area (Å²) in [6, 6.07) is 0. The van der Waals surface area contributed by atoms with E-state index in [4.69, 9.17) is 18.9 Å². The van der Waals surface area contributed by atoms with Crippen molar-refractivity contribution in [1.82, 2.24) is 0 Å². The standard InChI is InChI=1S/C45H76O12S2/c1-32(20-22-42(2,3)57-43(4,58(48,49)50)40(46)55-39(36-14-8-5-9-15-36)37-16-10-6-11-17-37)21-23-45(59(51,52)53,56-38-18-12-7-13-19-38)41(47)54-25-24-44-29-33-26-34(30-44)28-35(27-33)31-44/h32-39H,5-31H2,1-4H3,(H,48,49,50)(H,51,52,53). The van der Waals surface area contributed by atoms with Crippen LogP contribution in [-0.4, -0.2) is 72.2 Å². The lowest BCUT2D eigenvalue weighted by molar-refractivity contribution is -0.186. The third-order valence-corrected chi connectivity index (χ3v) is 18.2. The Balaban J connectivity index is 1.10. The van der Waals surface area contributed by atoms with Crippen LogP contribution >= 0.6 is 0 Å². The van der Waals surface area contributed by atoms with Crippen LogP contribution in [0.3, 0.4) is 0 Å². The van der Waals surface area contributed by atoms with E-state index in [2.05, 4.69) is 0 Å². The van der Waals surface area contributed by atoms with Gasteiger partial charge in [-0.15, -0.1) is 0 Å². The molecule has 0 aromatic carbocycles. The minimum atomic E-state index is -5.09. The van der Waals surface area contributed by atoms with Gasteiger partial charge in [-0.25, -0.2) is 9.59 Å². The summed E-state index contributed by atoms with van der Waals surface area (Å²) in [5.74, 6) is 0.00911. The van der Waals surface area contributed by atoms with Crippen molar-refractivity contribution in [2.75, 3.05) is 6.61 Å². The molecule has 7 rings (SSSR count). The fourth-order valence-electron chi connectivity index (χ4n) is 12.7. The molecule has 0 aromatic rings.